The van der Waals surface area contributed by atoms with Gasteiger partial charge in [-0.2, -0.15) is 61.5 Å². The molecule has 0 aromatic heterocycles. The van der Waals surface area contributed by atoms with E-state index in [9.17, 15) is 79.0 Å². The lowest BCUT2D eigenvalue weighted by molar-refractivity contribution is -0.399. The Labute approximate surface area is 178 Å². The van der Waals surface area contributed by atoms with E-state index in [1.165, 1.54) is 0 Å². The lowest BCUT2D eigenvalue weighted by Gasteiger charge is -2.37. The van der Waals surface area contributed by atoms with Gasteiger partial charge in [-0.25, -0.2) is 17.6 Å². The molecule has 1 rings (SSSR count). The van der Waals surface area contributed by atoms with Crippen LogP contribution < -0.4 is 5.19 Å². The van der Waals surface area contributed by atoms with Crippen LogP contribution >= 0.6 is 22.2 Å². The van der Waals surface area contributed by atoms with Crippen LogP contribution in [-0.2, 0) is 5.92 Å². The number of halogens is 20. The van der Waals surface area contributed by atoms with Crippen LogP contribution in [0.2, 0.25) is 0 Å². The molecule has 1 aromatic rings. The first-order valence-electron chi connectivity index (χ1n) is 7.03. The van der Waals surface area contributed by atoms with Crippen molar-refractivity contribution < 1.29 is 79.0 Å². The highest BCUT2D eigenvalue weighted by Crippen LogP contribution is 2.58. The fourth-order valence-electron chi connectivity index (χ4n) is 2.09. The Morgan fingerprint density at radius 3 is 1.18 bits per heavy atom. The van der Waals surface area contributed by atoms with Crippen LogP contribution in [0.3, 0.4) is 0 Å². The van der Waals surface area contributed by atoms with Gasteiger partial charge in [0.2, 0.25) is 0 Å². The summed E-state index contributed by atoms with van der Waals surface area (Å²) < 4.78 is 238. The minimum atomic E-state index is -8.05. The van der Waals surface area contributed by atoms with Crippen molar-refractivity contribution in [1.29, 1.82) is 0 Å². The molecule has 0 aliphatic rings. The summed E-state index contributed by atoms with van der Waals surface area (Å²) in [7, 11) is 0. The Kier molecular flexibility index (Phi) is 7.12. The van der Waals surface area contributed by atoms with Crippen molar-refractivity contribution in [3.63, 3.8) is 0 Å². The van der Waals surface area contributed by atoms with Crippen LogP contribution in [0.5, 0.6) is 0 Å². The summed E-state index contributed by atoms with van der Waals surface area (Å²) in [5.41, 5.74) is -11.2. The molecule has 192 valence electrons. The van der Waals surface area contributed by atoms with Gasteiger partial charge in [-0.3, -0.25) is 0 Å². The van der Waals surface area contributed by atoms with Crippen molar-refractivity contribution in [3.8, 4) is 0 Å². The standard InChI is InChI=1S/C12Cl2F18Si/c13-33(14,12(31,32)11(28,29)30)6-1(2(15)3(16)4(17)5(6)18)7(19,20)8(21,22)9(23,24)10(25,26)27. The Morgan fingerprint density at radius 1 is 0.485 bits per heavy atom. The van der Waals surface area contributed by atoms with Crippen LogP contribution in [0.4, 0.5) is 79.0 Å². The van der Waals surface area contributed by atoms with Gasteiger partial charge in [0.05, 0.1) is 5.56 Å². The fraction of sp³-hybridized carbons (Fsp3) is 0.500. The van der Waals surface area contributed by atoms with E-state index in [2.05, 4.69) is 22.2 Å². The Morgan fingerprint density at radius 2 is 0.848 bits per heavy atom. The molecule has 0 heterocycles. The van der Waals surface area contributed by atoms with Crippen LogP contribution in [0.15, 0.2) is 0 Å². The van der Waals surface area contributed by atoms with E-state index in [0.717, 1.165) is 0 Å². The molecule has 1 aromatic carbocycles. The minimum absolute atomic E-state index is 3.57. The van der Waals surface area contributed by atoms with Gasteiger partial charge in [0.25, 0.3) is 0 Å². The van der Waals surface area contributed by atoms with E-state index in [0.29, 0.717) is 0 Å². The summed E-state index contributed by atoms with van der Waals surface area (Å²) in [6.07, 6.45) is -14.8. The van der Waals surface area contributed by atoms with E-state index in [-0.39, 0.29) is 0 Å². The average molecular weight is 585 g/mol. The molecular formula is C12Cl2F18Si. The van der Waals surface area contributed by atoms with Crippen molar-refractivity contribution in [1.82, 2.24) is 0 Å². The second kappa shape index (κ2) is 7.89. The third-order valence-electron chi connectivity index (χ3n) is 3.79. The third-order valence-corrected chi connectivity index (χ3v) is 8.52. The van der Waals surface area contributed by atoms with Gasteiger partial charge in [0, 0.05) is 5.19 Å². The molecule has 0 aliphatic heterocycles. The van der Waals surface area contributed by atoms with E-state index < -0.39 is 76.4 Å². The number of hydrogen-bond donors (Lipinski definition) is 0. The normalized spacial score (nSPS) is 15.3. The first kappa shape index (κ1) is 29.8. The Hall–Kier alpha value is -1.24. The maximum atomic E-state index is 14.1. The van der Waals surface area contributed by atoms with Gasteiger partial charge in [-0.1, -0.05) is 0 Å². The second-order valence-electron chi connectivity index (χ2n) is 5.87. The van der Waals surface area contributed by atoms with Gasteiger partial charge < -0.3 is 0 Å². The van der Waals surface area contributed by atoms with Crippen molar-refractivity contribution in [3.05, 3.63) is 28.8 Å². The van der Waals surface area contributed by atoms with Crippen molar-refractivity contribution in [2.75, 3.05) is 0 Å². The van der Waals surface area contributed by atoms with Gasteiger partial charge in [-0.15, -0.1) is 22.2 Å². The summed E-state index contributed by atoms with van der Waals surface area (Å²) in [6.45, 7) is -7.79. The summed E-state index contributed by atoms with van der Waals surface area (Å²) in [6, 6.07) is 0. The van der Waals surface area contributed by atoms with E-state index in [4.69, 9.17) is 0 Å². The van der Waals surface area contributed by atoms with Gasteiger partial charge in [0.15, 0.2) is 23.3 Å². The lowest BCUT2D eigenvalue weighted by Crippen LogP contribution is -2.66. The smallest absolute Gasteiger partial charge is 0.204 e. The first-order valence-corrected chi connectivity index (χ1v) is 11.1. The molecule has 0 radical (unpaired) electrons. The molecule has 0 unspecified atom stereocenters. The fourth-order valence-corrected chi connectivity index (χ4v) is 5.43. The molecule has 0 N–H and O–H groups in total. The van der Waals surface area contributed by atoms with E-state index in [1.807, 2.05) is 0 Å². The largest absolute Gasteiger partial charge is 0.460 e. The highest BCUT2D eigenvalue weighted by Gasteiger charge is 2.84. The van der Waals surface area contributed by atoms with Gasteiger partial charge >= 0.3 is 42.4 Å². The van der Waals surface area contributed by atoms with E-state index in [1.54, 1.807) is 0 Å². The highest BCUT2D eigenvalue weighted by atomic mass is 35.7. The maximum absolute atomic E-state index is 14.1. The number of alkyl halides is 14. The summed E-state index contributed by atoms with van der Waals surface area (Å²) in [5, 5.41) is -3.80. The zero-order valence-electron chi connectivity index (χ0n) is 14.1. The average Bonchev–Trinajstić information content (AvgIpc) is 2.59. The van der Waals surface area contributed by atoms with Crippen LogP contribution in [0.1, 0.15) is 5.56 Å². The molecule has 0 saturated carbocycles. The van der Waals surface area contributed by atoms with Crippen LogP contribution in [-0.4, -0.2) is 36.4 Å². The van der Waals surface area contributed by atoms with Crippen molar-refractivity contribution in [2.45, 2.75) is 35.7 Å². The molecule has 33 heavy (non-hydrogen) atoms. The number of rotatable bonds is 5. The van der Waals surface area contributed by atoms with Gasteiger partial charge in [0.1, 0.15) is 0 Å². The Bertz CT molecular complexity index is 930. The highest BCUT2D eigenvalue weighted by molar-refractivity contribution is 7.52. The molecule has 0 fully saturated rings. The van der Waals surface area contributed by atoms with Crippen molar-refractivity contribution >= 4 is 34.0 Å². The lowest BCUT2D eigenvalue weighted by atomic mass is 9.95. The zero-order valence-corrected chi connectivity index (χ0v) is 16.6. The van der Waals surface area contributed by atoms with Crippen molar-refractivity contribution in [2.24, 2.45) is 0 Å². The van der Waals surface area contributed by atoms with Crippen LogP contribution in [0.25, 0.3) is 0 Å². The maximum Gasteiger partial charge on any atom is 0.460 e. The molecule has 0 nitrogen and oxygen atoms in total. The monoisotopic (exact) mass is 584 g/mol. The molecule has 0 atom stereocenters. The summed E-state index contributed by atoms with van der Waals surface area (Å²) in [4.78, 5) is 0. The topological polar surface area (TPSA) is 0 Å². The zero-order chi connectivity index (χ0) is 27.0. The molecule has 0 bridgehead atoms. The first-order chi connectivity index (χ1) is 14.1. The van der Waals surface area contributed by atoms with Crippen LogP contribution in [0, 0.1) is 23.3 Å². The quantitative estimate of drug-likeness (QED) is 0.115. The Balaban J connectivity index is 4.29. The van der Waals surface area contributed by atoms with E-state index >= 15 is 0 Å². The van der Waals surface area contributed by atoms with Gasteiger partial charge in [-0.05, 0) is 0 Å². The molecule has 0 saturated heterocycles. The minimum Gasteiger partial charge on any atom is -0.204 e. The number of benzene rings is 1. The second-order valence-corrected chi connectivity index (χ2v) is 12.1. The molecule has 0 aliphatic carbocycles. The molecule has 0 spiro atoms. The summed E-state index contributed by atoms with van der Waals surface area (Å²) in [5.74, 6) is -38.8. The summed E-state index contributed by atoms with van der Waals surface area (Å²) >= 11 is 9.11. The third kappa shape index (κ3) is 4.00. The predicted molar refractivity (Wildman–Crippen MR) is 74.2 cm³/mol. The molecular weight excluding hydrogens is 585 g/mol. The number of hydrogen-bond acceptors (Lipinski definition) is 0. The predicted octanol–water partition coefficient (Wildman–Crippen LogP) is 7.03. The molecule has 0 amide bonds. The SMILES string of the molecule is Fc1c(F)c(F)c([Si](Cl)(Cl)C(F)(F)C(F)(F)F)c(C(F)(F)C(F)(F)C(F)(F)C(F)(F)F)c1F. The molecule has 21 heteroatoms.